The van der Waals surface area contributed by atoms with Crippen LogP contribution in [0.25, 0.3) is 0 Å². The molecule has 0 heterocycles. The number of nitrogens with two attached hydrogens (primary N) is 1. The van der Waals surface area contributed by atoms with Crippen molar-refractivity contribution >= 4 is 23.3 Å². The van der Waals surface area contributed by atoms with Gasteiger partial charge in [-0.2, -0.15) is 0 Å². The Bertz CT molecular complexity index is 464. The number of thioether (sulfide) groups is 1. The summed E-state index contributed by atoms with van der Waals surface area (Å²) >= 11 is 1.28. The fourth-order valence-corrected chi connectivity index (χ4v) is 2.18. The average molecular weight is 271 g/mol. The molecule has 0 unspecified atom stereocenters. The maximum Gasteiger partial charge on any atom is 0.283 e. The molecule has 4 N–H and O–H groups in total. The third-order valence-corrected chi connectivity index (χ3v) is 3.27. The summed E-state index contributed by atoms with van der Waals surface area (Å²) in [4.78, 5) is 10.9. The quantitative estimate of drug-likeness (QED) is 0.136. The van der Waals surface area contributed by atoms with E-state index in [1.807, 2.05) is 0 Å². The highest BCUT2D eigenvalue weighted by atomic mass is 32.2. The molecule has 0 saturated heterocycles. The highest BCUT2D eigenvalue weighted by Crippen LogP contribution is 2.30. The van der Waals surface area contributed by atoms with Crippen molar-refractivity contribution < 1.29 is 15.2 Å². The van der Waals surface area contributed by atoms with Gasteiger partial charge < -0.3 is 16.0 Å². The Kier molecular flexibility index (Phi) is 5.40. The molecule has 0 amide bonds. The van der Waals surface area contributed by atoms with Crippen LogP contribution in [0.5, 0.6) is 0 Å². The van der Waals surface area contributed by atoms with E-state index in [1.54, 1.807) is 12.1 Å². The molecule has 0 aliphatic carbocycles. The second-order valence-corrected chi connectivity index (χ2v) is 4.49. The van der Waals surface area contributed by atoms with Crippen LogP contribution in [0.4, 0.5) is 5.69 Å². The number of aliphatic hydroxyl groups excluding tert-OH is 1. The van der Waals surface area contributed by atoms with Crippen molar-refractivity contribution in [3.8, 4) is 0 Å². The van der Waals surface area contributed by atoms with Gasteiger partial charge in [-0.25, -0.2) is 0 Å². The molecule has 18 heavy (non-hydrogen) atoms. The molecule has 1 aromatic rings. The number of benzene rings is 1. The van der Waals surface area contributed by atoms with Crippen molar-refractivity contribution in [2.24, 2.45) is 10.9 Å². The number of hydrogen-bond acceptors (Lipinski definition) is 6. The van der Waals surface area contributed by atoms with E-state index < -0.39 is 4.92 Å². The van der Waals surface area contributed by atoms with Crippen LogP contribution >= 0.6 is 11.8 Å². The van der Waals surface area contributed by atoms with Crippen molar-refractivity contribution in [1.29, 1.82) is 0 Å². The summed E-state index contributed by atoms with van der Waals surface area (Å²) in [6, 6.07) is 4.35. The van der Waals surface area contributed by atoms with Gasteiger partial charge in [-0.05, 0) is 18.6 Å². The van der Waals surface area contributed by atoms with E-state index in [1.165, 1.54) is 17.8 Å². The van der Waals surface area contributed by atoms with E-state index in [0.29, 0.717) is 17.1 Å². The average Bonchev–Trinajstić information content (AvgIpc) is 2.38. The zero-order valence-electron chi connectivity index (χ0n) is 9.44. The van der Waals surface area contributed by atoms with Crippen LogP contribution < -0.4 is 5.73 Å². The normalized spacial score (nSPS) is 11.5. The largest absolute Gasteiger partial charge is 0.409 e. The Balaban J connectivity index is 3.01. The number of rotatable bonds is 6. The van der Waals surface area contributed by atoms with Crippen LogP contribution in [0, 0.1) is 10.1 Å². The highest BCUT2D eigenvalue weighted by molar-refractivity contribution is 7.99. The topological polar surface area (TPSA) is 122 Å². The summed E-state index contributed by atoms with van der Waals surface area (Å²) in [7, 11) is 0. The highest BCUT2D eigenvalue weighted by Gasteiger charge is 2.16. The van der Waals surface area contributed by atoms with E-state index in [9.17, 15) is 10.1 Å². The first-order chi connectivity index (χ1) is 8.60. The molecule has 0 aliphatic heterocycles. The van der Waals surface area contributed by atoms with Crippen LogP contribution in [0.1, 0.15) is 12.0 Å². The summed E-state index contributed by atoms with van der Waals surface area (Å²) in [5, 5.41) is 30.9. The molecular weight excluding hydrogens is 258 g/mol. The van der Waals surface area contributed by atoms with Crippen LogP contribution in [0.15, 0.2) is 28.3 Å². The van der Waals surface area contributed by atoms with Gasteiger partial charge in [0, 0.05) is 24.0 Å². The maximum atomic E-state index is 10.9. The van der Waals surface area contributed by atoms with Gasteiger partial charge >= 0.3 is 0 Å². The Labute approximate surface area is 107 Å². The standard InChI is InChI=1S/C10H13N3O4S/c11-10(12-15)7-2-3-9(18-5-1-4-14)8(6-7)13(16)17/h2-3,6,14-15H,1,4-5H2,(H2,11,12). The van der Waals surface area contributed by atoms with Crippen LogP contribution in [0.3, 0.4) is 0 Å². The number of hydrogen-bond donors (Lipinski definition) is 3. The van der Waals surface area contributed by atoms with Crippen molar-refractivity contribution in [2.75, 3.05) is 12.4 Å². The fraction of sp³-hybridized carbons (Fsp3) is 0.300. The first-order valence-electron chi connectivity index (χ1n) is 5.10. The lowest BCUT2D eigenvalue weighted by molar-refractivity contribution is -0.387. The second kappa shape index (κ2) is 6.82. The Morgan fingerprint density at radius 1 is 1.56 bits per heavy atom. The van der Waals surface area contributed by atoms with Gasteiger partial charge in [0.2, 0.25) is 0 Å². The molecule has 98 valence electrons. The van der Waals surface area contributed by atoms with Gasteiger partial charge in [0.15, 0.2) is 5.84 Å². The van der Waals surface area contributed by atoms with E-state index >= 15 is 0 Å². The molecule has 0 bridgehead atoms. The zero-order chi connectivity index (χ0) is 13.5. The molecule has 0 saturated carbocycles. The number of nitro groups is 1. The number of oxime groups is 1. The first kappa shape index (κ1) is 14.3. The van der Waals surface area contributed by atoms with Gasteiger partial charge in [0.1, 0.15) is 0 Å². The summed E-state index contributed by atoms with van der Waals surface area (Å²) in [5.41, 5.74) is 5.56. The molecule has 0 aromatic heterocycles. The van der Waals surface area contributed by atoms with Crippen molar-refractivity contribution in [3.05, 3.63) is 33.9 Å². The Morgan fingerprint density at radius 2 is 2.28 bits per heavy atom. The number of nitrogens with zero attached hydrogens (tertiary/aromatic N) is 2. The predicted molar refractivity (Wildman–Crippen MR) is 68.0 cm³/mol. The Hall–Kier alpha value is -1.80. The van der Waals surface area contributed by atoms with Crippen molar-refractivity contribution in [1.82, 2.24) is 0 Å². The van der Waals surface area contributed by atoms with Gasteiger partial charge in [-0.3, -0.25) is 10.1 Å². The molecular formula is C10H13N3O4S. The van der Waals surface area contributed by atoms with Gasteiger partial charge in [-0.15, -0.1) is 11.8 Å². The molecule has 0 aliphatic rings. The van der Waals surface area contributed by atoms with Crippen LogP contribution in [-0.2, 0) is 0 Å². The van der Waals surface area contributed by atoms with Crippen LogP contribution in [-0.4, -0.2) is 33.4 Å². The number of aliphatic hydroxyl groups is 1. The minimum Gasteiger partial charge on any atom is -0.409 e. The third kappa shape index (κ3) is 3.60. The van der Waals surface area contributed by atoms with Crippen molar-refractivity contribution in [3.63, 3.8) is 0 Å². The molecule has 1 rings (SSSR count). The van der Waals surface area contributed by atoms with Gasteiger partial charge in [0.05, 0.1) is 9.82 Å². The number of nitro benzene ring substituents is 1. The lowest BCUT2D eigenvalue weighted by atomic mass is 10.2. The van der Waals surface area contributed by atoms with Gasteiger partial charge in [-0.1, -0.05) is 5.16 Å². The summed E-state index contributed by atoms with van der Waals surface area (Å²) in [5.74, 6) is 0.408. The lowest BCUT2D eigenvalue weighted by Crippen LogP contribution is -2.13. The van der Waals surface area contributed by atoms with E-state index in [4.69, 9.17) is 16.0 Å². The minimum atomic E-state index is -0.518. The van der Waals surface area contributed by atoms with Crippen molar-refractivity contribution in [2.45, 2.75) is 11.3 Å². The lowest BCUT2D eigenvalue weighted by Gasteiger charge is -2.04. The Morgan fingerprint density at radius 3 is 2.83 bits per heavy atom. The summed E-state index contributed by atoms with van der Waals surface area (Å²) in [6.07, 6.45) is 0.559. The molecule has 0 fully saturated rings. The monoisotopic (exact) mass is 271 g/mol. The molecule has 8 heteroatoms. The SMILES string of the molecule is NC(=NO)c1ccc(SCCCO)c([N+](=O)[O-])c1. The third-order valence-electron chi connectivity index (χ3n) is 2.12. The first-order valence-corrected chi connectivity index (χ1v) is 6.08. The zero-order valence-corrected chi connectivity index (χ0v) is 10.3. The van der Waals surface area contributed by atoms with E-state index in [0.717, 1.165) is 0 Å². The number of amidine groups is 1. The van der Waals surface area contributed by atoms with E-state index in [-0.39, 0.29) is 23.7 Å². The smallest absolute Gasteiger partial charge is 0.283 e. The summed E-state index contributed by atoms with van der Waals surface area (Å²) in [6.45, 7) is 0.0446. The molecule has 7 nitrogen and oxygen atoms in total. The van der Waals surface area contributed by atoms with E-state index in [2.05, 4.69) is 5.16 Å². The van der Waals surface area contributed by atoms with Gasteiger partial charge in [0.25, 0.3) is 5.69 Å². The van der Waals surface area contributed by atoms with Crippen LogP contribution in [0.2, 0.25) is 0 Å². The molecule has 0 spiro atoms. The second-order valence-electron chi connectivity index (χ2n) is 3.35. The fourth-order valence-electron chi connectivity index (χ4n) is 1.25. The maximum absolute atomic E-state index is 10.9. The summed E-state index contributed by atoms with van der Waals surface area (Å²) < 4.78 is 0. The predicted octanol–water partition coefficient (Wildman–Crippen LogP) is 1.16. The minimum absolute atomic E-state index is 0.0446. The molecule has 0 radical (unpaired) electrons. The molecule has 0 atom stereocenters. The molecule has 1 aromatic carbocycles.